The second kappa shape index (κ2) is 26.0. The number of hydrogen-bond donors (Lipinski definition) is 2. The van der Waals surface area contributed by atoms with Crippen LogP contribution in [0.25, 0.3) is 22.7 Å². The predicted molar refractivity (Wildman–Crippen MR) is 197 cm³/mol. The highest BCUT2D eigenvalue weighted by Gasteiger charge is 2.36. The highest BCUT2D eigenvalue weighted by molar-refractivity contribution is 7.14. The Morgan fingerprint density at radius 2 is 1.59 bits per heavy atom. The van der Waals surface area contributed by atoms with Gasteiger partial charge in [-0.15, -0.1) is 63.3 Å². The van der Waals surface area contributed by atoms with Gasteiger partial charge in [0, 0.05) is 34.6 Å². The molecule has 1 atom stereocenters. The Balaban J connectivity index is 0. The highest BCUT2D eigenvalue weighted by Crippen LogP contribution is 2.29. The number of carbonyl (C=O) groups is 2. The molecule has 2 amide bonds. The lowest BCUT2D eigenvalue weighted by Gasteiger charge is -2.24. The normalized spacial score (nSPS) is 13.7. The van der Waals surface area contributed by atoms with Crippen LogP contribution in [0.2, 0.25) is 5.02 Å². The van der Waals surface area contributed by atoms with Crippen LogP contribution >= 0.6 is 22.9 Å². The summed E-state index contributed by atoms with van der Waals surface area (Å²) >= 11 is 7.32. The average Bonchev–Trinajstić information content (AvgIpc) is 3.47. The van der Waals surface area contributed by atoms with E-state index in [4.69, 9.17) is 16.1 Å². The van der Waals surface area contributed by atoms with Crippen LogP contribution in [0.4, 0.5) is 5.13 Å². The molecule has 3 aromatic rings. The smallest absolute Gasteiger partial charge is 0.243 e. The molecule has 0 unspecified atom stereocenters. The number of nitrogens with zero attached hydrogens (tertiary/aromatic N) is 3. The van der Waals surface area contributed by atoms with Crippen molar-refractivity contribution in [3.8, 4) is 48.4 Å². The van der Waals surface area contributed by atoms with E-state index < -0.39 is 0 Å². The van der Waals surface area contributed by atoms with Gasteiger partial charge in [0.1, 0.15) is 17.4 Å². The van der Waals surface area contributed by atoms with Crippen molar-refractivity contribution in [2.75, 3.05) is 18.4 Å². The first-order valence-corrected chi connectivity index (χ1v) is 16.2. The fourth-order valence-corrected chi connectivity index (χ4v) is 4.56. The monoisotopic (exact) mass is 667 g/mol. The fourth-order valence-electron chi connectivity index (χ4n) is 3.74. The van der Waals surface area contributed by atoms with Crippen LogP contribution < -0.4 is 10.6 Å². The number of amides is 2. The first-order valence-electron chi connectivity index (χ1n) is 15.0. The summed E-state index contributed by atoms with van der Waals surface area (Å²) in [5, 5.41) is 13.3. The molecule has 0 radical (unpaired) electrons. The van der Waals surface area contributed by atoms with Crippen LogP contribution in [-0.2, 0) is 9.59 Å². The molecule has 2 N–H and O–H groups in total. The maximum absolute atomic E-state index is 12.7. The van der Waals surface area contributed by atoms with Crippen molar-refractivity contribution in [3.63, 3.8) is 0 Å². The van der Waals surface area contributed by atoms with Gasteiger partial charge >= 0.3 is 0 Å². The quantitative estimate of drug-likeness (QED) is 0.193. The summed E-state index contributed by atoms with van der Waals surface area (Å²) < 4.78 is 5.45. The third kappa shape index (κ3) is 15.6. The minimum absolute atomic E-state index is 0.0308. The number of benzene rings is 1. The van der Waals surface area contributed by atoms with E-state index in [1.54, 1.807) is 17.0 Å². The first-order chi connectivity index (χ1) is 22.3. The number of aromatic nitrogens is 2. The number of hydrogen-bond acceptors (Lipinski definition) is 7. The van der Waals surface area contributed by atoms with Gasteiger partial charge in [-0.3, -0.25) is 9.59 Å². The van der Waals surface area contributed by atoms with E-state index in [1.165, 1.54) is 11.3 Å². The van der Waals surface area contributed by atoms with Gasteiger partial charge in [0.15, 0.2) is 10.9 Å². The summed E-state index contributed by atoms with van der Waals surface area (Å²) in [5.41, 5.74) is 2.23. The lowest BCUT2D eigenvalue weighted by Crippen LogP contribution is -2.48. The molecule has 5 rings (SSSR count). The topological polar surface area (TPSA) is 100 Å². The molecule has 2 aromatic heterocycles. The van der Waals surface area contributed by atoms with Crippen LogP contribution in [0.3, 0.4) is 0 Å². The van der Waals surface area contributed by atoms with Gasteiger partial charge in [0.05, 0.1) is 6.54 Å². The SMILES string of the molecule is C#C.C#C.C=C.C=C.CC.CC(C)C.O=C(NC1CC1)[C@@H]1CCCN1C(=O)CNc1nc(-c2cc(-c3ccc(Cl)cc3)no2)cs1. The zero-order valence-electron chi connectivity index (χ0n) is 27.9. The summed E-state index contributed by atoms with van der Waals surface area (Å²) in [6, 6.07) is 9.10. The average molecular weight is 668 g/mol. The number of terminal acetylenes is 2. The minimum Gasteiger partial charge on any atom is -0.354 e. The molecule has 46 heavy (non-hydrogen) atoms. The molecule has 3 heterocycles. The third-order valence-corrected chi connectivity index (χ3v) is 6.65. The molecule has 8 nitrogen and oxygen atoms in total. The Hall–Kier alpha value is -4.31. The number of halogens is 1. The van der Waals surface area contributed by atoms with Gasteiger partial charge in [-0.1, -0.05) is 63.5 Å². The highest BCUT2D eigenvalue weighted by atomic mass is 35.5. The van der Waals surface area contributed by atoms with Gasteiger partial charge in [0.2, 0.25) is 11.8 Å². The number of anilines is 1. The number of nitrogens with one attached hydrogen (secondary N) is 2. The van der Waals surface area contributed by atoms with E-state index in [9.17, 15) is 9.59 Å². The Bertz CT molecular complexity index is 1280. The number of likely N-dealkylation sites (tertiary alicyclic amines) is 1. The summed E-state index contributed by atoms with van der Waals surface area (Å²) in [5.74, 6) is 1.25. The van der Waals surface area contributed by atoms with Crippen molar-refractivity contribution in [3.05, 3.63) is 67.1 Å². The van der Waals surface area contributed by atoms with Gasteiger partial charge in [0.25, 0.3) is 0 Å². The Kier molecular flexibility index (Phi) is 24.7. The largest absolute Gasteiger partial charge is 0.354 e. The standard InChI is InChI=1S/C22H22ClN5O3S.C4H10.C2H6.2C2H4.2C2H2/c23-14-5-3-13(4-6-14)16-10-19(31-27-16)17-12-32-22(26-17)24-11-20(29)28-9-1-2-18(28)21(30)25-15-7-8-15;1-4(2)3;5*1-2/h3-6,10,12,15,18H,1-2,7-9,11H2,(H,24,26)(H,25,30);4H,1-3H3;1-2H3;2*1-2H2;2*1-2H/t18-;;;;;;/m0....../s1. The van der Waals surface area contributed by atoms with E-state index in [1.807, 2.05) is 37.4 Å². The van der Waals surface area contributed by atoms with E-state index >= 15 is 0 Å². The maximum Gasteiger partial charge on any atom is 0.243 e. The lowest BCUT2D eigenvalue weighted by molar-refractivity contribution is -0.137. The van der Waals surface area contributed by atoms with Crippen molar-refractivity contribution in [1.29, 1.82) is 0 Å². The van der Waals surface area contributed by atoms with Gasteiger partial charge in [-0.25, -0.2) is 4.98 Å². The van der Waals surface area contributed by atoms with Crippen molar-refractivity contribution < 1.29 is 14.1 Å². The van der Waals surface area contributed by atoms with Crippen molar-refractivity contribution >= 4 is 39.9 Å². The van der Waals surface area contributed by atoms with Crippen LogP contribution in [0.15, 0.2) is 66.6 Å². The zero-order chi connectivity index (χ0) is 35.7. The molecule has 0 bridgehead atoms. The Labute approximate surface area is 285 Å². The molecule has 0 spiro atoms. The van der Waals surface area contributed by atoms with E-state index in [0.29, 0.717) is 46.3 Å². The van der Waals surface area contributed by atoms with Crippen molar-refractivity contribution in [1.82, 2.24) is 20.4 Å². The molecular formula is C36H50ClN5O3S. The molecule has 250 valence electrons. The van der Waals surface area contributed by atoms with E-state index in [0.717, 1.165) is 30.7 Å². The molecule has 2 aliphatic rings. The maximum atomic E-state index is 12.7. The first kappa shape index (κ1) is 43.8. The number of rotatable bonds is 7. The van der Waals surface area contributed by atoms with E-state index in [2.05, 4.69) is 93.6 Å². The molecule has 2 fully saturated rings. The zero-order valence-corrected chi connectivity index (χ0v) is 29.5. The molecule has 1 aromatic carbocycles. The molecule has 1 aliphatic carbocycles. The number of carbonyl (C=O) groups excluding carboxylic acids is 2. The lowest BCUT2D eigenvalue weighted by atomic mass is 10.1. The van der Waals surface area contributed by atoms with Crippen LogP contribution in [-0.4, -0.2) is 52.0 Å². The van der Waals surface area contributed by atoms with Gasteiger partial charge in [-0.05, 0) is 43.7 Å². The van der Waals surface area contributed by atoms with Gasteiger partial charge in [-0.2, -0.15) is 0 Å². The number of thiazole rings is 1. The third-order valence-electron chi connectivity index (χ3n) is 5.60. The summed E-state index contributed by atoms with van der Waals surface area (Å²) in [6.07, 6.45) is 19.6. The minimum atomic E-state index is -0.364. The molecular weight excluding hydrogens is 618 g/mol. The Morgan fingerprint density at radius 3 is 2.13 bits per heavy atom. The predicted octanol–water partition coefficient (Wildman–Crippen LogP) is 8.59. The second-order valence-corrected chi connectivity index (χ2v) is 11.0. The molecule has 1 saturated heterocycles. The molecule has 1 aliphatic heterocycles. The van der Waals surface area contributed by atoms with Crippen molar-refractivity contribution in [2.45, 2.75) is 72.4 Å². The van der Waals surface area contributed by atoms with Crippen LogP contribution in [0.5, 0.6) is 0 Å². The summed E-state index contributed by atoms with van der Waals surface area (Å²) in [6.45, 7) is 23.2. The van der Waals surface area contributed by atoms with Gasteiger partial charge < -0.3 is 20.1 Å². The Morgan fingerprint density at radius 1 is 1.02 bits per heavy atom. The molecule has 10 heteroatoms. The van der Waals surface area contributed by atoms with E-state index in [-0.39, 0.29) is 24.4 Å². The summed E-state index contributed by atoms with van der Waals surface area (Å²) in [7, 11) is 0. The van der Waals surface area contributed by atoms with Crippen LogP contribution in [0, 0.1) is 31.6 Å². The summed E-state index contributed by atoms with van der Waals surface area (Å²) in [4.78, 5) is 31.3. The van der Waals surface area contributed by atoms with Crippen LogP contribution in [0.1, 0.15) is 60.3 Å². The van der Waals surface area contributed by atoms with Crippen molar-refractivity contribution in [2.24, 2.45) is 5.92 Å². The fraction of sp³-hybridized carbons (Fsp3) is 0.389. The second-order valence-electron chi connectivity index (χ2n) is 9.73. The molecule has 1 saturated carbocycles.